The Morgan fingerprint density at radius 2 is 1.73 bits per heavy atom. The van der Waals surface area contributed by atoms with Gasteiger partial charge >= 0.3 is 0 Å². The molecule has 186 valence electrons. The van der Waals surface area contributed by atoms with Crippen molar-refractivity contribution in [2.75, 3.05) is 36.5 Å². The third kappa shape index (κ3) is 3.80. The number of morpholine rings is 1. The summed E-state index contributed by atoms with van der Waals surface area (Å²) < 4.78 is 7.77. The van der Waals surface area contributed by atoms with E-state index >= 15 is 0 Å². The van der Waals surface area contributed by atoms with E-state index in [2.05, 4.69) is 45.5 Å². The van der Waals surface area contributed by atoms with Gasteiger partial charge in [0.2, 0.25) is 5.91 Å². The first-order valence-corrected chi connectivity index (χ1v) is 13.4. The highest BCUT2D eigenvalue weighted by molar-refractivity contribution is 7.26. The van der Waals surface area contributed by atoms with Gasteiger partial charge in [0.05, 0.1) is 24.3 Å². The molecule has 0 spiro atoms. The Morgan fingerprint density at radius 3 is 2.51 bits per heavy atom. The number of nitrogens with two attached hydrogens (primary N) is 1. The molecule has 0 bridgehead atoms. The maximum atomic E-state index is 13.1. The standard InChI is InChI=1S/C29H26N4O3S/c30-29(9-10-29)28(35)31-17-7-8-24-22(15-17)20-5-2-4-19(27(20)37-24)18-3-1-6-21-23(34)16-25(32-26(18)21)33-11-13-36-14-12-33/h1-8,15-16H,9-14,30H2,(H,31,35)(H,32,34). The number of carbonyl (C=O) groups excluding carboxylic acids is 1. The molecule has 1 aliphatic carbocycles. The number of H-pyrrole nitrogens is 1. The van der Waals surface area contributed by atoms with E-state index in [1.807, 2.05) is 24.3 Å². The lowest BCUT2D eigenvalue weighted by atomic mass is 9.99. The van der Waals surface area contributed by atoms with Crippen molar-refractivity contribution in [1.29, 1.82) is 0 Å². The SMILES string of the molecule is NC1(C(=O)Nc2ccc3sc4c(-c5cccc6c(=O)cc(N7CCOCC7)[nH]c56)cccc4c3c2)CC1. The molecule has 5 aromatic rings. The number of hydrogen-bond donors (Lipinski definition) is 3. The molecular weight excluding hydrogens is 484 g/mol. The van der Waals surface area contributed by atoms with Crippen molar-refractivity contribution in [3.05, 3.63) is 70.9 Å². The number of nitrogens with one attached hydrogen (secondary N) is 2. The van der Waals surface area contributed by atoms with Crippen LogP contribution in [0.2, 0.25) is 0 Å². The predicted molar refractivity (Wildman–Crippen MR) is 151 cm³/mol. The van der Waals surface area contributed by atoms with E-state index in [-0.39, 0.29) is 11.3 Å². The average molecular weight is 511 g/mol. The Labute approximate surface area is 216 Å². The number of fused-ring (bicyclic) bond motifs is 4. The van der Waals surface area contributed by atoms with E-state index < -0.39 is 5.54 Å². The number of thiophene rings is 1. The van der Waals surface area contributed by atoms with Gasteiger partial charge in [0.25, 0.3) is 0 Å². The fourth-order valence-corrected chi connectivity index (χ4v) is 6.37. The second-order valence-corrected chi connectivity index (χ2v) is 11.0. The second-order valence-electron chi connectivity index (χ2n) is 9.95. The molecule has 0 atom stereocenters. The number of aromatic nitrogens is 1. The van der Waals surface area contributed by atoms with Gasteiger partial charge in [-0.2, -0.15) is 0 Å². The lowest BCUT2D eigenvalue weighted by Crippen LogP contribution is -2.37. The van der Waals surface area contributed by atoms with Gasteiger partial charge in [-0.05, 0) is 37.1 Å². The first-order valence-electron chi connectivity index (χ1n) is 12.5. The molecule has 7 nitrogen and oxygen atoms in total. The Morgan fingerprint density at radius 1 is 0.973 bits per heavy atom. The number of nitrogens with zero attached hydrogens (tertiary/aromatic N) is 1. The molecule has 8 heteroatoms. The maximum Gasteiger partial charge on any atom is 0.244 e. The number of rotatable bonds is 4. The number of benzene rings is 3. The Balaban J connectivity index is 1.37. The first kappa shape index (κ1) is 22.5. The summed E-state index contributed by atoms with van der Waals surface area (Å²) >= 11 is 1.72. The minimum absolute atomic E-state index is 0.00864. The number of aromatic amines is 1. The van der Waals surface area contributed by atoms with Crippen molar-refractivity contribution in [1.82, 2.24) is 4.98 Å². The molecule has 0 radical (unpaired) electrons. The van der Waals surface area contributed by atoms with Gasteiger partial charge in [0.1, 0.15) is 5.82 Å². The monoisotopic (exact) mass is 510 g/mol. The highest BCUT2D eigenvalue weighted by Crippen LogP contribution is 2.42. The fourth-order valence-electron chi connectivity index (χ4n) is 5.16. The molecule has 2 aromatic heterocycles. The van der Waals surface area contributed by atoms with Crippen LogP contribution in [0.15, 0.2) is 65.5 Å². The van der Waals surface area contributed by atoms with Crippen molar-refractivity contribution in [3.8, 4) is 11.1 Å². The van der Waals surface area contributed by atoms with Crippen LogP contribution in [0.4, 0.5) is 11.5 Å². The number of carbonyl (C=O) groups is 1. The Bertz CT molecular complexity index is 1760. The number of anilines is 2. The van der Waals surface area contributed by atoms with Gasteiger partial charge in [-0.25, -0.2) is 0 Å². The molecule has 37 heavy (non-hydrogen) atoms. The van der Waals surface area contributed by atoms with Gasteiger partial charge < -0.3 is 25.7 Å². The van der Waals surface area contributed by atoms with Crippen molar-refractivity contribution in [3.63, 3.8) is 0 Å². The van der Waals surface area contributed by atoms with Crippen LogP contribution in [0.3, 0.4) is 0 Å². The summed E-state index contributed by atoms with van der Waals surface area (Å²) in [6, 6.07) is 19.9. The molecule has 7 rings (SSSR count). The minimum atomic E-state index is -0.718. The second kappa shape index (κ2) is 8.41. The third-order valence-electron chi connectivity index (χ3n) is 7.49. The van der Waals surface area contributed by atoms with E-state index in [4.69, 9.17) is 10.5 Å². The van der Waals surface area contributed by atoms with Gasteiger partial charge in [-0.1, -0.05) is 30.3 Å². The molecule has 2 fully saturated rings. The largest absolute Gasteiger partial charge is 0.378 e. The number of amides is 1. The van der Waals surface area contributed by atoms with Gasteiger partial charge in [0, 0.05) is 61.5 Å². The van der Waals surface area contributed by atoms with E-state index in [0.29, 0.717) is 18.6 Å². The molecule has 0 unspecified atom stereocenters. The van der Waals surface area contributed by atoms with E-state index in [1.54, 1.807) is 17.4 Å². The van der Waals surface area contributed by atoms with E-state index in [0.717, 1.165) is 74.3 Å². The third-order valence-corrected chi connectivity index (χ3v) is 8.71. The van der Waals surface area contributed by atoms with Crippen LogP contribution in [0.1, 0.15) is 12.8 Å². The number of para-hydroxylation sites is 1. The summed E-state index contributed by atoms with van der Waals surface area (Å²) in [5, 5.41) is 5.87. The topological polar surface area (TPSA) is 100 Å². The van der Waals surface area contributed by atoms with Gasteiger partial charge in [-0.3, -0.25) is 9.59 Å². The van der Waals surface area contributed by atoms with Crippen LogP contribution in [0, 0.1) is 0 Å². The lowest BCUT2D eigenvalue weighted by Gasteiger charge is -2.28. The summed E-state index contributed by atoms with van der Waals surface area (Å²) in [6.07, 6.45) is 1.46. The Kier molecular flexibility index (Phi) is 5.11. The van der Waals surface area contributed by atoms with Crippen LogP contribution in [-0.2, 0) is 9.53 Å². The molecule has 1 saturated heterocycles. The van der Waals surface area contributed by atoms with Gasteiger partial charge in [-0.15, -0.1) is 11.3 Å². The summed E-state index contributed by atoms with van der Waals surface area (Å²) in [4.78, 5) is 31.3. The summed E-state index contributed by atoms with van der Waals surface area (Å²) in [5.41, 5.74) is 9.03. The van der Waals surface area contributed by atoms with Crippen LogP contribution in [0.25, 0.3) is 42.2 Å². The van der Waals surface area contributed by atoms with Crippen LogP contribution in [0.5, 0.6) is 0 Å². The summed E-state index contributed by atoms with van der Waals surface area (Å²) in [6.45, 7) is 2.80. The molecule has 2 aliphatic rings. The van der Waals surface area contributed by atoms with Crippen molar-refractivity contribution < 1.29 is 9.53 Å². The van der Waals surface area contributed by atoms with Crippen LogP contribution < -0.4 is 21.4 Å². The summed E-state index contributed by atoms with van der Waals surface area (Å²) in [7, 11) is 0. The van der Waals surface area contributed by atoms with Crippen molar-refractivity contribution in [2.45, 2.75) is 18.4 Å². The zero-order valence-corrected chi connectivity index (χ0v) is 21.0. The zero-order chi connectivity index (χ0) is 25.1. The average Bonchev–Trinajstić information content (AvgIpc) is 3.57. The predicted octanol–water partition coefficient (Wildman–Crippen LogP) is 4.83. The molecule has 3 aromatic carbocycles. The molecule has 3 heterocycles. The lowest BCUT2D eigenvalue weighted by molar-refractivity contribution is -0.118. The van der Waals surface area contributed by atoms with Crippen molar-refractivity contribution >= 4 is 59.8 Å². The zero-order valence-electron chi connectivity index (χ0n) is 20.2. The minimum Gasteiger partial charge on any atom is -0.378 e. The quantitative estimate of drug-likeness (QED) is 0.322. The molecule has 1 saturated carbocycles. The van der Waals surface area contributed by atoms with E-state index in [1.165, 1.54) is 0 Å². The normalized spacial score (nSPS) is 16.9. The maximum absolute atomic E-state index is 13.1. The highest BCUT2D eigenvalue weighted by Gasteiger charge is 2.45. The van der Waals surface area contributed by atoms with E-state index in [9.17, 15) is 9.59 Å². The highest BCUT2D eigenvalue weighted by atomic mass is 32.1. The summed E-state index contributed by atoms with van der Waals surface area (Å²) in [5.74, 6) is 0.702. The van der Waals surface area contributed by atoms with Crippen LogP contribution in [-0.4, -0.2) is 42.7 Å². The molecular formula is C29H26N4O3S. The van der Waals surface area contributed by atoms with Crippen LogP contribution >= 0.6 is 11.3 Å². The molecule has 4 N–H and O–H groups in total. The smallest absolute Gasteiger partial charge is 0.244 e. The van der Waals surface area contributed by atoms with Gasteiger partial charge in [0.15, 0.2) is 5.43 Å². The fraction of sp³-hybridized carbons (Fsp3) is 0.241. The molecule has 1 amide bonds. The molecule has 1 aliphatic heterocycles. The number of ether oxygens (including phenoxy) is 1. The van der Waals surface area contributed by atoms with Crippen molar-refractivity contribution in [2.24, 2.45) is 5.73 Å². The first-order chi connectivity index (χ1) is 18.0. The Hall–Kier alpha value is -3.72. The number of pyridine rings is 1. The number of hydrogen-bond acceptors (Lipinski definition) is 6.